The Bertz CT molecular complexity index is 405. The van der Waals surface area contributed by atoms with Crippen LogP contribution in [0.4, 0.5) is 16.2 Å². The van der Waals surface area contributed by atoms with Crippen LogP contribution in [-0.4, -0.2) is 6.03 Å². The number of carbonyl (C=O) groups excluding carboxylic acids is 1. The Morgan fingerprint density at radius 3 is 2.07 bits per heavy atom. The molecule has 1 aromatic carbocycles. The summed E-state index contributed by atoms with van der Waals surface area (Å²) in [6.07, 6.45) is 0. The number of benzene rings is 1. The van der Waals surface area contributed by atoms with Gasteiger partial charge in [-0.05, 0) is 24.3 Å². The number of halogens is 1. The van der Waals surface area contributed by atoms with E-state index in [1.165, 1.54) is 24.3 Å². The van der Waals surface area contributed by atoms with Crippen LogP contribution in [0.1, 0.15) is 0 Å². The van der Waals surface area contributed by atoms with Crippen LogP contribution in [0.15, 0.2) is 24.3 Å². The molecule has 0 saturated heterocycles. The first-order chi connectivity index (χ1) is 6.52. The van der Waals surface area contributed by atoms with Crippen molar-refractivity contribution in [3.63, 3.8) is 0 Å². The van der Waals surface area contributed by atoms with Crippen LogP contribution in [-0.2, 0) is 6.14 Å². The second-order valence-corrected chi connectivity index (χ2v) is 4.52. The monoisotopic (exact) mass is 309 g/mol. The summed E-state index contributed by atoms with van der Waals surface area (Å²) in [4.78, 5) is 10.8. The first kappa shape index (κ1) is 10.7. The zero-order valence-corrected chi connectivity index (χ0v) is 9.17. The quantitative estimate of drug-likeness (QED) is 0.487. The Kier molecular flexibility index (Phi) is 3.23. The van der Waals surface area contributed by atoms with Crippen molar-refractivity contribution >= 4 is 37.5 Å². The standard InChI is InChI=1S/C7H8IN3O3/c9-5-1-3-6(4-2-5)11(7(10)12)8(13)14/h1-4H,9H2,(H2,10,12). The third-order valence-electron chi connectivity index (χ3n) is 1.45. The summed E-state index contributed by atoms with van der Waals surface area (Å²) in [5.41, 5.74) is 11.0. The van der Waals surface area contributed by atoms with Gasteiger partial charge in [-0.2, -0.15) is 3.11 Å². The average molecular weight is 309 g/mol. The summed E-state index contributed by atoms with van der Waals surface area (Å²) >= 11 is -3.93. The van der Waals surface area contributed by atoms with Gasteiger partial charge in [-0.1, -0.05) is 0 Å². The molecule has 0 aromatic heterocycles. The molecule has 0 spiro atoms. The van der Waals surface area contributed by atoms with Crippen molar-refractivity contribution in [1.29, 1.82) is 0 Å². The molecule has 0 saturated carbocycles. The Morgan fingerprint density at radius 1 is 1.21 bits per heavy atom. The Morgan fingerprint density at radius 2 is 1.71 bits per heavy atom. The molecule has 0 aliphatic rings. The van der Waals surface area contributed by atoms with Gasteiger partial charge >= 0.3 is 26.1 Å². The van der Waals surface area contributed by atoms with E-state index in [1.54, 1.807) is 0 Å². The lowest BCUT2D eigenvalue weighted by Gasteiger charge is -2.10. The third-order valence-corrected chi connectivity index (χ3v) is 3.27. The van der Waals surface area contributed by atoms with Crippen LogP contribution in [0.25, 0.3) is 0 Å². The minimum Gasteiger partial charge on any atom is -0.399 e. The second kappa shape index (κ2) is 4.22. The highest BCUT2D eigenvalue weighted by atomic mass is 127. The normalized spacial score (nSPS) is 10.1. The number of hydrogen-bond acceptors (Lipinski definition) is 4. The van der Waals surface area contributed by atoms with Crippen molar-refractivity contribution in [3.05, 3.63) is 24.3 Å². The van der Waals surface area contributed by atoms with E-state index in [2.05, 4.69) is 0 Å². The maximum absolute atomic E-state index is 10.8. The first-order valence-corrected chi connectivity index (χ1v) is 6.25. The van der Waals surface area contributed by atoms with Gasteiger partial charge in [-0.15, -0.1) is 0 Å². The van der Waals surface area contributed by atoms with Crippen molar-refractivity contribution in [2.45, 2.75) is 0 Å². The molecule has 6 nitrogen and oxygen atoms in total. The lowest BCUT2D eigenvalue weighted by molar-refractivity contribution is 0.257. The summed E-state index contributed by atoms with van der Waals surface area (Å²) in [5, 5.41) is 0. The minimum absolute atomic E-state index is 0.210. The fraction of sp³-hybridized carbons (Fsp3) is 0. The van der Waals surface area contributed by atoms with Crippen molar-refractivity contribution in [2.24, 2.45) is 5.73 Å². The topological polar surface area (TPSA) is 106 Å². The van der Waals surface area contributed by atoms with Gasteiger partial charge in [0.15, 0.2) is 0 Å². The smallest absolute Gasteiger partial charge is 0.399 e. The molecule has 0 unspecified atom stereocenters. The molecule has 4 N–H and O–H groups in total. The van der Waals surface area contributed by atoms with Gasteiger partial charge in [0.05, 0.1) is 5.69 Å². The molecule has 0 fully saturated rings. The van der Waals surface area contributed by atoms with Gasteiger partial charge in [0, 0.05) is 5.69 Å². The Hall–Kier alpha value is -1.38. The van der Waals surface area contributed by atoms with Crippen LogP contribution in [0, 0.1) is 0 Å². The fourth-order valence-corrected chi connectivity index (χ4v) is 2.04. The van der Waals surface area contributed by atoms with Crippen LogP contribution in [0.2, 0.25) is 0 Å². The van der Waals surface area contributed by atoms with Crippen molar-refractivity contribution < 1.29 is 10.9 Å². The van der Waals surface area contributed by atoms with E-state index >= 15 is 0 Å². The van der Waals surface area contributed by atoms with E-state index in [0.29, 0.717) is 8.80 Å². The van der Waals surface area contributed by atoms with Gasteiger partial charge in [0.1, 0.15) is 0 Å². The first-order valence-electron chi connectivity index (χ1n) is 3.53. The summed E-state index contributed by atoms with van der Waals surface area (Å²) in [6.45, 7) is 0. The number of hydrogen-bond donors (Lipinski definition) is 2. The molecular weight excluding hydrogens is 301 g/mol. The van der Waals surface area contributed by atoms with E-state index in [0.717, 1.165) is 0 Å². The van der Waals surface area contributed by atoms with E-state index in [-0.39, 0.29) is 5.69 Å². The minimum atomic E-state index is -3.93. The summed E-state index contributed by atoms with van der Waals surface area (Å²) in [7, 11) is 0. The largest absolute Gasteiger partial charge is 0.429 e. The zero-order valence-electron chi connectivity index (χ0n) is 7.01. The molecule has 0 heterocycles. The maximum atomic E-state index is 10.8. The highest BCUT2D eigenvalue weighted by Crippen LogP contribution is 2.25. The molecule has 1 rings (SSSR count). The molecule has 76 valence electrons. The average Bonchev–Trinajstić information content (AvgIpc) is 2.07. The number of nitrogens with zero attached hydrogens (tertiary/aromatic N) is 1. The van der Waals surface area contributed by atoms with Gasteiger partial charge < -0.3 is 11.5 Å². The van der Waals surface area contributed by atoms with E-state index in [4.69, 9.17) is 11.5 Å². The SMILES string of the molecule is NC(=O)N(c1ccc(N)cc1)I(=O)=O. The Balaban J connectivity index is 3.12. The predicted molar refractivity (Wildman–Crippen MR) is 58.3 cm³/mol. The zero-order chi connectivity index (χ0) is 10.7. The lowest BCUT2D eigenvalue weighted by Crippen LogP contribution is -2.27. The summed E-state index contributed by atoms with van der Waals surface area (Å²) < 4.78 is 22.1. The van der Waals surface area contributed by atoms with E-state index < -0.39 is 26.1 Å². The number of carbonyl (C=O) groups is 1. The van der Waals surface area contributed by atoms with Gasteiger partial charge in [0.2, 0.25) is 0 Å². The van der Waals surface area contributed by atoms with E-state index in [1.807, 2.05) is 0 Å². The number of urea groups is 1. The van der Waals surface area contributed by atoms with Crippen LogP contribution in [0.3, 0.4) is 0 Å². The number of nitrogens with two attached hydrogens (primary N) is 2. The Labute approximate surface area is 87.4 Å². The number of rotatable bonds is 2. The molecule has 2 amide bonds. The van der Waals surface area contributed by atoms with Crippen molar-refractivity contribution in [2.75, 3.05) is 8.85 Å². The highest BCUT2D eigenvalue weighted by molar-refractivity contribution is 14.2. The molecule has 7 heteroatoms. The summed E-state index contributed by atoms with van der Waals surface area (Å²) in [6, 6.07) is 4.81. The predicted octanol–water partition coefficient (Wildman–Crippen LogP) is 1.27. The van der Waals surface area contributed by atoms with Gasteiger partial charge in [0.25, 0.3) is 0 Å². The van der Waals surface area contributed by atoms with Crippen molar-refractivity contribution in [3.8, 4) is 0 Å². The van der Waals surface area contributed by atoms with Crippen molar-refractivity contribution in [1.82, 2.24) is 0 Å². The second-order valence-electron chi connectivity index (χ2n) is 2.41. The highest BCUT2D eigenvalue weighted by Gasteiger charge is 2.16. The van der Waals surface area contributed by atoms with Gasteiger partial charge in [-0.3, -0.25) is 0 Å². The number of anilines is 2. The van der Waals surface area contributed by atoms with Crippen LogP contribution in [0.5, 0.6) is 0 Å². The lowest BCUT2D eigenvalue weighted by atomic mass is 10.3. The molecular formula is C7H8IN3O3. The molecule has 0 bridgehead atoms. The number of amides is 2. The molecule has 14 heavy (non-hydrogen) atoms. The molecule has 0 aliphatic carbocycles. The van der Waals surface area contributed by atoms with E-state index in [9.17, 15) is 10.9 Å². The van der Waals surface area contributed by atoms with Crippen LogP contribution >= 0.6 is 20.1 Å². The molecule has 0 atom stereocenters. The molecule has 1 aromatic rings. The van der Waals surface area contributed by atoms with Gasteiger partial charge in [-0.25, -0.2) is 10.9 Å². The summed E-state index contributed by atoms with van der Waals surface area (Å²) in [5.74, 6) is 0. The third kappa shape index (κ3) is 2.31. The molecule has 0 aliphatic heterocycles. The fourth-order valence-electron chi connectivity index (χ4n) is 0.880. The van der Waals surface area contributed by atoms with Crippen LogP contribution < -0.4 is 14.6 Å². The maximum Gasteiger partial charge on any atom is 0.429 e. The number of nitrogen functional groups attached to an aromatic ring is 1. The molecule has 0 radical (unpaired) electrons. The number of primary amides is 1.